The zero-order chi connectivity index (χ0) is 36.1. The molecule has 1 aromatic rings. The molecule has 0 aromatic heterocycles. The van der Waals surface area contributed by atoms with Crippen LogP contribution in [0.3, 0.4) is 0 Å². The molecule has 2 rings (SSSR count). The number of rotatable bonds is 32. The van der Waals surface area contributed by atoms with E-state index < -0.39 is 6.29 Å². The summed E-state index contributed by atoms with van der Waals surface area (Å²) in [6, 6.07) is 10.4. The quantitative estimate of drug-likeness (QED) is 0.0422. The fourth-order valence-electron chi connectivity index (χ4n) is 5.26. The summed E-state index contributed by atoms with van der Waals surface area (Å²) in [6.45, 7) is 19.0. The van der Waals surface area contributed by atoms with E-state index in [1.807, 2.05) is 11.0 Å². The summed E-state index contributed by atoms with van der Waals surface area (Å²) in [5, 5.41) is 0. The van der Waals surface area contributed by atoms with Gasteiger partial charge in [0.15, 0.2) is 13.5 Å². The topological polar surface area (TPSA) is 86.6 Å². The first-order chi connectivity index (χ1) is 24.6. The summed E-state index contributed by atoms with van der Waals surface area (Å²) in [5.41, 5.74) is 0.987. The van der Waals surface area contributed by atoms with Crippen LogP contribution in [0.1, 0.15) is 124 Å². The number of ether oxygens (including phenoxy) is 6. The van der Waals surface area contributed by atoms with Gasteiger partial charge in [-0.1, -0.05) is 98.3 Å². The average molecular weight is 707 g/mol. The predicted octanol–water partition coefficient (Wildman–Crippen LogP) is 8.15. The molecule has 0 bridgehead atoms. The van der Waals surface area contributed by atoms with Crippen LogP contribution in [0.15, 0.2) is 40.3 Å². The molecule has 0 spiro atoms. The van der Waals surface area contributed by atoms with Crippen LogP contribution in [-0.2, 0) is 28.4 Å². The number of quaternary nitrogens is 1. The Labute approximate surface area is 304 Å². The van der Waals surface area contributed by atoms with E-state index >= 15 is 0 Å². The molecule has 1 aliphatic heterocycles. The molecule has 1 aliphatic rings. The van der Waals surface area contributed by atoms with Crippen molar-refractivity contribution in [3.63, 3.8) is 0 Å². The molecule has 0 fully saturated rings. The summed E-state index contributed by atoms with van der Waals surface area (Å²) < 4.78 is 38.3. The van der Waals surface area contributed by atoms with Gasteiger partial charge in [-0.15, -0.1) is 0 Å². The van der Waals surface area contributed by atoms with Gasteiger partial charge in [0, 0.05) is 26.4 Å². The van der Waals surface area contributed by atoms with Crippen molar-refractivity contribution in [1.29, 1.82) is 0 Å². The Hall–Kier alpha value is -1.96. The normalized spacial score (nSPS) is 15.8. The van der Waals surface area contributed by atoms with Crippen molar-refractivity contribution >= 4 is 11.8 Å². The fourth-order valence-corrected chi connectivity index (χ4v) is 5.26. The van der Waals surface area contributed by atoms with Crippen LogP contribution in [0.5, 0.6) is 0 Å². The molecule has 1 atom stereocenters. The highest BCUT2D eigenvalue weighted by molar-refractivity contribution is 6.03. The van der Waals surface area contributed by atoms with E-state index in [2.05, 4.69) is 70.7 Å². The van der Waals surface area contributed by atoms with Gasteiger partial charge in [0.2, 0.25) is 11.8 Å². The first-order valence-corrected chi connectivity index (χ1v) is 19.7. The van der Waals surface area contributed by atoms with Crippen molar-refractivity contribution in [2.75, 3.05) is 80.0 Å². The van der Waals surface area contributed by atoms with Crippen molar-refractivity contribution in [3.05, 3.63) is 35.9 Å². The Balaban J connectivity index is 2.77. The first kappa shape index (κ1) is 44.2. The summed E-state index contributed by atoms with van der Waals surface area (Å²) in [6.07, 6.45) is 11.7. The molecule has 11 heteroatoms. The average Bonchev–Trinajstić information content (AvgIpc) is 3.14. The smallest absolute Gasteiger partial charge is 0.259 e. The largest absolute Gasteiger partial charge is 0.366 e. The predicted molar refractivity (Wildman–Crippen MR) is 203 cm³/mol. The van der Waals surface area contributed by atoms with Gasteiger partial charge < -0.3 is 28.4 Å². The van der Waals surface area contributed by atoms with Gasteiger partial charge >= 0.3 is 0 Å². The second-order valence-corrected chi connectivity index (χ2v) is 13.1. The van der Waals surface area contributed by atoms with Gasteiger partial charge in [-0.05, 0) is 50.7 Å². The van der Waals surface area contributed by atoms with E-state index in [1.54, 1.807) is 0 Å². The van der Waals surface area contributed by atoms with E-state index in [0.29, 0.717) is 86.0 Å². The van der Waals surface area contributed by atoms with Crippen LogP contribution in [0.2, 0.25) is 0 Å². The van der Waals surface area contributed by atoms with Crippen LogP contribution in [0.25, 0.3) is 0 Å². The van der Waals surface area contributed by atoms with Crippen molar-refractivity contribution in [1.82, 2.24) is 9.80 Å². The van der Waals surface area contributed by atoms with Crippen molar-refractivity contribution in [2.24, 2.45) is 9.98 Å². The van der Waals surface area contributed by atoms with E-state index in [4.69, 9.17) is 38.4 Å². The van der Waals surface area contributed by atoms with Gasteiger partial charge in [-0.3, -0.25) is 4.90 Å². The minimum absolute atomic E-state index is 0.219. The Morgan fingerprint density at radius 2 is 0.940 bits per heavy atom. The lowest BCUT2D eigenvalue weighted by atomic mass is 10.1. The lowest BCUT2D eigenvalue weighted by Gasteiger charge is -2.47. The van der Waals surface area contributed by atoms with Crippen LogP contribution < -0.4 is 0 Å². The second kappa shape index (κ2) is 28.6. The standard InChI is InChI=1S/C39H72N5O6/c1-7-13-24-45-30-42(31-46-25-14-8-2)38-40-37(36-22-20-19-21-23-36)44(34-49-28-17-11-5,35-50-29-18-12-6)39(41-38)43(32-47-26-15-9-3)33-48-27-16-10-4/h19-23,39H,7-18,24-35H2,1-6H3/q+1. The maximum Gasteiger partial charge on any atom is 0.259 e. The lowest BCUT2D eigenvalue weighted by Crippen LogP contribution is -2.69. The molecule has 0 amide bonds. The Kier molecular flexibility index (Phi) is 25.3. The molecular weight excluding hydrogens is 634 g/mol. The van der Waals surface area contributed by atoms with Gasteiger partial charge in [-0.25, -0.2) is 0 Å². The summed E-state index contributed by atoms with van der Waals surface area (Å²) in [4.78, 5) is 15.1. The zero-order valence-electron chi connectivity index (χ0n) is 32.6. The number of aliphatic imine (C=N–C) groups is 2. The Morgan fingerprint density at radius 1 is 0.540 bits per heavy atom. The summed E-state index contributed by atoms with van der Waals surface area (Å²) >= 11 is 0. The van der Waals surface area contributed by atoms with Crippen LogP contribution in [0, 0.1) is 0 Å². The molecule has 0 aliphatic carbocycles. The fraction of sp³-hybridized carbons (Fsp3) is 0.795. The number of hydrogen-bond donors (Lipinski definition) is 0. The van der Waals surface area contributed by atoms with Crippen molar-refractivity contribution in [2.45, 2.75) is 125 Å². The third-order valence-electron chi connectivity index (χ3n) is 8.45. The minimum Gasteiger partial charge on any atom is -0.366 e. The third kappa shape index (κ3) is 16.2. The maximum absolute atomic E-state index is 6.54. The second-order valence-electron chi connectivity index (χ2n) is 13.1. The minimum atomic E-state index is -0.516. The highest BCUT2D eigenvalue weighted by Gasteiger charge is 2.51. The van der Waals surface area contributed by atoms with E-state index in [-0.39, 0.29) is 4.48 Å². The third-order valence-corrected chi connectivity index (χ3v) is 8.45. The molecule has 50 heavy (non-hydrogen) atoms. The molecule has 0 radical (unpaired) electrons. The van der Waals surface area contributed by atoms with Gasteiger partial charge in [0.25, 0.3) is 6.29 Å². The maximum atomic E-state index is 6.54. The molecule has 0 saturated carbocycles. The van der Waals surface area contributed by atoms with E-state index in [0.717, 1.165) is 88.4 Å². The Morgan fingerprint density at radius 3 is 1.36 bits per heavy atom. The number of benzene rings is 1. The monoisotopic (exact) mass is 707 g/mol. The van der Waals surface area contributed by atoms with Crippen LogP contribution in [0.4, 0.5) is 0 Å². The first-order valence-electron chi connectivity index (χ1n) is 19.7. The highest BCUT2D eigenvalue weighted by Crippen LogP contribution is 2.30. The number of hydrogen-bond acceptors (Lipinski definition) is 10. The summed E-state index contributed by atoms with van der Waals surface area (Å²) in [7, 11) is 0. The molecule has 1 heterocycles. The number of guanidine groups is 1. The SMILES string of the molecule is CCCCOCN(COCCCC)C1=NC(N(COCCCC)COCCCC)[N+](COCCCC)(COCCCC)C(c2ccccc2)=N1. The van der Waals surface area contributed by atoms with Crippen molar-refractivity contribution < 1.29 is 32.9 Å². The molecule has 0 N–H and O–H groups in total. The number of amidine groups is 1. The summed E-state index contributed by atoms with van der Waals surface area (Å²) in [5.74, 6) is 1.39. The Bertz CT molecular complexity index is 978. The zero-order valence-corrected chi connectivity index (χ0v) is 32.6. The lowest BCUT2D eigenvalue weighted by molar-refractivity contribution is -0.918. The number of nitrogens with zero attached hydrogens (tertiary/aromatic N) is 5. The van der Waals surface area contributed by atoms with Crippen molar-refractivity contribution in [3.8, 4) is 0 Å². The van der Waals surface area contributed by atoms with Crippen LogP contribution in [-0.4, -0.2) is 112 Å². The van der Waals surface area contributed by atoms with Gasteiger partial charge in [0.05, 0.1) is 18.8 Å². The molecule has 11 nitrogen and oxygen atoms in total. The van der Waals surface area contributed by atoms with E-state index in [9.17, 15) is 0 Å². The number of unbranched alkanes of at least 4 members (excludes halogenated alkanes) is 6. The molecular formula is C39H72N5O6+. The molecule has 0 saturated heterocycles. The van der Waals surface area contributed by atoms with Gasteiger partial charge in [0.1, 0.15) is 26.9 Å². The molecule has 1 aromatic carbocycles. The molecule has 1 unspecified atom stereocenters. The van der Waals surface area contributed by atoms with Gasteiger partial charge in [-0.2, -0.15) is 19.4 Å². The molecule has 288 valence electrons. The van der Waals surface area contributed by atoms with E-state index in [1.165, 1.54) is 0 Å². The van der Waals surface area contributed by atoms with Crippen LogP contribution >= 0.6 is 0 Å². The highest BCUT2D eigenvalue weighted by atomic mass is 16.5.